The van der Waals surface area contributed by atoms with Gasteiger partial charge in [-0.25, -0.2) is 0 Å². The minimum absolute atomic E-state index is 0.672. The molecule has 58 heavy (non-hydrogen) atoms. The van der Waals surface area contributed by atoms with E-state index in [9.17, 15) is 0 Å². The van der Waals surface area contributed by atoms with Gasteiger partial charge in [0.25, 0.3) is 0 Å². The fourth-order valence-electron chi connectivity index (χ4n) is 20.7. The third-order valence-electron chi connectivity index (χ3n) is 22.5. The van der Waals surface area contributed by atoms with Crippen molar-refractivity contribution in [2.75, 3.05) is 13.1 Å². The van der Waals surface area contributed by atoms with Gasteiger partial charge in [-0.3, -0.25) is 9.80 Å². The molecule has 2 saturated heterocycles. The first kappa shape index (κ1) is 39.4. The fourth-order valence-corrected chi connectivity index (χ4v) is 20.7. The van der Waals surface area contributed by atoms with E-state index in [0.717, 1.165) is 107 Å². The first-order valence-electron chi connectivity index (χ1n) is 27.8. The number of nitrogens with zero attached hydrogens (tertiary/aromatic N) is 2. The lowest BCUT2D eigenvalue weighted by Gasteiger charge is -2.66. The minimum atomic E-state index is 0.672. The van der Waals surface area contributed by atoms with Gasteiger partial charge in [0.15, 0.2) is 0 Å². The predicted molar refractivity (Wildman–Crippen MR) is 239 cm³/mol. The molecule has 12 aliphatic rings. The third kappa shape index (κ3) is 6.91. The van der Waals surface area contributed by atoms with Gasteiger partial charge < -0.3 is 10.6 Å². The molecule has 0 aromatic carbocycles. The summed E-state index contributed by atoms with van der Waals surface area (Å²) in [5.41, 5.74) is 0. The molecule has 0 spiro atoms. The summed E-state index contributed by atoms with van der Waals surface area (Å²) in [6.07, 6.45) is 50.6. The number of hydrogen-bond donors (Lipinski definition) is 2. The van der Waals surface area contributed by atoms with E-state index < -0.39 is 0 Å². The zero-order valence-corrected chi connectivity index (χ0v) is 37.5. The highest BCUT2D eigenvalue weighted by atomic mass is 15.3. The Labute approximate surface area is 357 Å². The van der Waals surface area contributed by atoms with E-state index in [0.29, 0.717) is 12.3 Å². The van der Waals surface area contributed by atoms with Crippen LogP contribution in [0.25, 0.3) is 0 Å². The maximum absolute atomic E-state index is 4.34. The Morgan fingerprint density at radius 3 is 0.983 bits per heavy atom. The van der Waals surface area contributed by atoms with E-state index in [4.69, 9.17) is 0 Å². The standard InChI is InChI=1S/C54H90N4/c1-5-17-41-37(13-1)33-38-14-2-6-18-42(38)53(41)57(49-21-9-11-31-55-49)47-29-25-35-24-28-46-48(30-26-36-23-27-45(47)51(35)52(36)46)58(50-22-10-12-32-56-50)54-43-19-7-3-15-39(43)34-40-16-4-8-20-44(40)54/h35-56H,1-34H2. The minimum Gasteiger partial charge on any atom is -0.302 e. The van der Waals surface area contributed by atoms with Crippen LogP contribution < -0.4 is 10.6 Å². The van der Waals surface area contributed by atoms with Crippen LogP contribution in [-0.4, -0.2) is 59.4 Å². The average molecular weight is 795 g/mol. The molecule has 0 amide bonds. The van der Waals surface area contributed by atoms with Crippen molar-refractivity contribution in [1.29, 1.82) is 0 Å². The van der Waals surface area contributed by atoms with Gasteiger partial charge in [0.1, 0.15) is 0 Å². The molecule has 2 N–H and O–H groups in total. The molecule has 326 valence electrons. The van der Waals surface area contributed by atoms with E-state index in [1.807, 2.05) is 0 Å². The number of nitrogens with one attached hydrogen (secondary N) is 2. The number of piperidine rings is 2. The summed E-state index contributed by atoms with van der Waals surface area (Å²) in [7, 11) is 0. The maximum atomic E-state index is 4.34. The van der Waals surface area contributed by atoms with Gasteiger partial charge >= 0.3 is 0 Å². The molecule has 0 bridgehead atoms. The monoisotopic (exact) mass is 795 g/mol. The molecule has 12 rings (SSSR count). The molecule has 4 heteroatoms. The number of hydrogen-bond acceptors (Lipinski definition) is 4. The lowest BCUT2D eigenvalue weighted by molar-refractivity contribution is -0.175. The Hall–Kier alpha value is -0.160. The molecule has 0 radical (unpaired) electrons. The van der Waals surface area contributed by atoms with Crippen LogP contribution in [0.4, 0.5) is 0 Å². The molecule has 0 aromatic rings. The van der Waals surface area contributed by atoms with E-state index in [1.165, 1.54) is 103 Å². The first-order chi connectivity index (χ1) is 28.8. The van der Waals surface area contributed by atoms with Gasteiger partial charge in [-0.2, -0.15) is 0 Å². The summed E-state index contributed by atoms with van der Waals surface area (Å²) in [6.45, 7) is 2.56. The molecule has 10 aliphatic carbocycles. The zero-order valence-electron chi connectivity index (χ0n) is 37.5. The van der Waals surface area contributed by atoms with E-state index in [-0.39, 0.29) is 0 Å². The normalized spacial score (nSPS) is 53.1. The van der Waals surface area contributed by atoms with Crippen LogP contribution in [0.15, 0.2) is 0 Å². The largest absolute Gasteiger partial charge is 0.302 e. The lowest BCUT2D eigenvalue weighted by Crippen LogP contribution is -2.69. The summed E-state index contributed by atoms with van der Waals surface area (Å²) >= 11 is 0. The summed E-state index contributed by atoms with van der Waals surface area (Å²) in [5, 5.41) is 8.69. The van der Waals surface area contributed by atoms with Gasteiger partial charge in [-0.15, -0.1) is 0 Å². The van der Waals surface area contributed by atoms with Crippen LogP contribution in [0.3, 0.4) is 0 Å². The fraction of sp³-hybridized carbons (Fsp3) is 1.00. The lowest BCUT2D eigenvalue weighted by atomic mass is 9.46. The van der Waals surface area contributed by atoms with Crippen LogP contribution in [0.1, 0.15) is 205 Å². The average Bonchev–Trinajstić information content (AvgIpc) is 3.29. The smallest absolute Gasteiger partial charge is 0.0602 e. The SMILES string of the molecule is C1CCC(N(C2CCC3CCC4C5C(CCC2C35)CCC4N(C2CCCCN2)C2C3CCCCC3CC3CCCCC32)C2C3CCCCC3CC3CCCCC32)NC1. The molecule has 12 fully saturated rings. The Balaban J connectivity index is 0.894. The Morgan fingerprint density at radius 2 is 0.621 bits per heavy atom. The summed E-state index contributed by atoms with van der Waals surface area (Å²) in [5.74, 6) is 14.3. The van der Waals surface area contributed by atoms with Crippen molar-refractivity contribution in [3.8, 4) is 0 Å². The van der Waals surface area contributed by atoms with Gasteiger partial charge in [-0.05, 0) is 224 Å². The Bertz CT molecular complexity index is 1220. The van der Waals surface area contributed by atoms with Gasteiger partial charge in [-0.1, -0.05) is 77.0 Å². The predicted octanol–water partition coefficient (Wildman–Crippen LogP) is 12.2. The molecular formula is C54H90N4. The summed E-state index contributed by atoms with van der Waals surface area (Å²) < 4.78 is 0. The van der Waals surface area contributed by atoms with Crippen molar-refractivity contribution in [3.63, 3.8) is 0 Å². The van der Waals surface area contributed by atoms with Crippen molar-refractivity contribution in [2.24, 2.45) is 82.9 Å². The molecule has 2 heterocycles. The van der Waals surface area contributed by atoms with Crippen molar-refractivity contribution < 1.29 is 0 Å². The molecule has 18 atom stereocenters. The van der Waals surface area contributed by atoms with Crippen LogP contribution in [0, 0.1) is 82.9 Å². The highest BCUT2D eigenvalue weighted by Crippen LogP contribution is 2.64. The third-order valence-corrected chi connectivity index (χ3v) is 22.5. The van der Waals surface area contributed by atoms with E-state index in [2.05, 4.69) is 20.4 Å². The molecule has 4 nitrogen and oxygen atoms in total. The highest BCUT2D eigenvalue weighted by Gasteiger charge is 2.61. The maximum Gasteiger partial charge on any atom is 0.0602 e. The van der Waals surface area contributed by atoms with Crippen molar-refractivity contribution in [1.82, 2.24) is 20.4 Å². The van der Waals surface area contributed by atoms with E-state index in [1.54, 1.807) is 116 Å². The van der Waals surface area contributed by atoms with Crippen LogP contribution in [-0.2, 0) is 0 Å². The number of rotatable bonds is 6. The van der Waals surface area contributed by atoms with Gasteiger partial charge in [0.05, 0.1) is 12.3 Å². The molecule has 10 saturated carbocycles. The van der Waals surface area contributed by atoms with Crippen molar-refractivity contribution in [2.45, 2.75) is 242 Å². The highest BCUT2D eigenvalue weighted by molar-refractivity contribution is 5.12. The van der Waals surface area contributed by atoms with Crippen molar-refractivity contribution >= 4 is 0 Å². The Kier molecular flexibility index (Phi) is 11.6. The summed E-state index contributed by atoms with van der Waals surface area (Å²) in [6, 6.07) is 3.52. The quantitative estimate of drug-likeness (QED) is 0.280. The number of fused-ring (bicyclic) bond motifs is 4. The van der Waals surface area contributed by atoms with Crippen LogP contribution >= 0.6 is 0 Å². The van der Waals surface area contributed by atoms with Gasteiger partial charge in [0.2, 0.25) is 0 Å². The first-order valence-corrected chi connectivity index (χ1v) is 27.8. The molecular weight excluding hydrogens is 705 g/mol. The van der Waals surface area contributed by atoms with Crippen LogP contribution in [0.2, 0.25) is 0 Å². The second-order valence-corrected chi connectivity index (χ2v) is 24.6. The zero-order chi connectivity index (χ0) is 38.2. The van der Waals surface area contributed by atoms with E-state index >= 15 is 0 Å². The molecule has 18 unspecified atom stereocenters. The molecule has 0 aromatic heterocycles. The Morgan fingerprint density at radius 1 is 0.276 bits per heavy atom. The van der Waals surface area contributed by atoms with Crippen LogP contribution in [0.5, 0.6) is 0 Å². The van der Waals surface area contributed by atoms with Gasteiger partial charge in [0, 0.05) is 24.2 Å². The second-order valence-electron chi connectivity index (χ2n) is 24.6. The topological polar surface area (TPSA) is 30.5 Å². The second kappa shape index (κ2) is 17.1. The summed E-state index contributed by atoms with van der Waals surface area (Å²) in [4.78, 5) is 6.98. The van der Waals surface area contributed by atoms with Crippen molar-refractivity contribution in [3.05, 3.63) is 0 Å². The molecule has 2 aliphatic heterocycles.